The lowest BCUT2D eigenvalue weighted by molar-refractivity contribution is 0.206. The minimum absolute atomic E-state index is 0.124. The van der Waals surface area contributed by atoms with Crippen LogP contribution in [0.15, 0.2) is 21.2 Å². The summed E-state index contributed by atoms with van der Waals surface area (Å²) >= 11 is 3.26. The van der Waals surface area contributed by atoms with Crippen LogP contribution in [0.3, 0.4) is 0 Å². The zero-order chi connectivity index (χ0) is 11.3. The molecule has 1 heterocycles. The van der Waals surface area contributed by atoms with Gasteiger partial charge in [0.1, 0.15) is 5.76 Å². The first-order chi connectivity index (χ1) is 7.03. The Hall–Kier alpha value is -0.320. The van der Waals surface area contributed by atoms with Crippen LogP contribution in [0, 0.1) is 5.41 Å². The van der Waals surface area contributed by atoms with Crippen LogP contribution < -0.4 is 5.32 Å². The largest absolute Gasteiger partial charge is 0.453 e. The van der Waals surface area contributed by atoms with Gasteiger partial charge in [0.25, 0.3) is 0 Å². The van der Waals surface area contributed by atoms with Crippen LogP contribution in [-0.4, -0.2) is 18.3 Å². The first kappa shape index (κ1) is 12.7. The number of furan rings is 1. The molecule has 1 aromatic rings. The smallest absolute Gasteiger partial charge is 0.169 e. The Labute approximate surface area is 99.0 Å². The van der Waals surface area contributed by atoms with Crippen LogP contribution in [0.4, 0.5) is 0 Å². The fourth-order valence-corrected chi connectivity index (χ4v) is 1.70. The van der Waals surface area contributed by atoms with Crippen molar-refractivity contribution in [1.29, 1.82) is 0 Å². The van der Waals surface area contributed by atoms with E-state index < -0.39 is 0 Å². The van der Waals surface area contributed by atoms with Crippen LogP contribution >= 0.6 is 15.9 Å². The fourth-order valence-electron chi connectivity index (χ4n) is 1.36. The minimum Gasteiger partial charge on any atom is -0.453 e. The Kier molecular flexibility index (Phi) is 4.83. The zero-order valence-corrected chi connectivity index (χ0v) is 10.8. The van der Waals surface area contributed by atoms with Crippen molar-refractivity contribution in [2.45, 2.75) is 26.8 Å². The summed E-state index contributed by atoms with van der Waals surface area (Å²) < 4.78 is 6.12. The molecule has 0 spiro atoms. The summed E-state index contributed by atoms with van der Waals surface area (Å²) in [5.74, 6) is 0.918. The molecule has 0 radical (unpaired) electrons. The zero-order valence-electron chi connectivity index (χ0n) is 9.22. The molecule has 1 aromatic heterocycles. The molecule has 0 saturated carbocycles. The molecule has 0 fully saturated rings. The van der Waals surface area contributed by atoms with Gasteiger partial charge < -0.3 is 14.8 Å². The maximum absolute atomic E-state index is 8.87. The van der Waals surface area contributed by atoms with E-state index in [0.717, 1.165) is 29.9 Å². The van der Waals surface area contributed by atoms with E-state index in [1.807, 2.05) is 12.1 Å². The summed E-state index contributed by atoms with van der Waals surface area (Å²) in [6, 6.07) is 3.83. The Morgan fingerprint density at radius 2 is 2.20 bits per heavy atom. The summed E-state index contributed by atoms with van der Waals surface area (Å²) in [6.45, 7) is 6.09. The molecular weight excluding hydrogens is 258 g/mol. The summed E-state index contributed by atoms with van der Waals surface area (Å²) in [7, 11) is 0. The summed E-state index contributed by atoms with van der Waals surface area (Å²) in [6.07, 6.45) is 0.807. The molecule has 0 unspecified atom stereocenters. The monoisotopic (exact) mass is 275 g/mol. The number of halogens is 1. The molecule has 0 saturated heterocycles. The molecule has 4 heteroatoms. The maximum atomic E-state index is 8.87. The van der Waals surface area contributed by atoms with E-state index >= 15 is 0 Å². The summed E-state index contributed by atoms with van der Waals surface area (Å²) in [5.41, 5.74) is 0.124. The lowest BCUT2D eigenvalue weighted by atomic mass is 9.90. The van der Waals surface area contributed by atoms with Gasteiger partial charge in [-0.15, -0.1) is 0 Å². The van der Waals surface area contributed by atoms with Crippen LogP contribution in [0.25, 0.3) is 0 Å². The standard InChI is InChI=1S/C11H18BrNO2/c1-11(2,5-6-14)8-13-7-9-3-4-10(12)15-9/h3-4,13-14H,5-8H2,1-2H3. The third-order valence-corrected chi connectivity index (χ3v) is 2.75. The van der Waals surface area contributed by atoms with Gasteiger partial charge in [-0.25, -0.2) is 0 Å². The van der Waals surface area contributed by atoms with E-state index in [0.29, 0.717) is 0 Å². The highest BCUT2D eigenvalue weighted by molar-refractivity contribution is 9.10. The highest BCUT2D eigenvalue weighted by Gasteiger charge is 2.16. The molecule has 0 bridgehead atoms. The quantitative estimate of drug-likeness (QED) is 0.839. The first-order valence-electron chi connectivity index (χ1n) is 5.09. The number of rotatable bonds is 6. The normalized spacial score (nSPS) is 12.0. The van der Waals surface area contributed by atoms with Crippen LogP contribution in [-0.2, 0) is 6.54 Å². The Bertz CT molecular complexity index is 297. The van der Waals surface area contributed by atoms with Crippen molar-refractivity contribution in [2.75, 3.05) is 13.2 Å². The molecule has 0 amide bonds. The summed E-state index contributed by atoms with van der Waals surface area (Å²) in [4.78, 5) is 0. The Morgan fingerprint density at radius 3 is 2.73 bits per heavy atom. The van der Waals surface area contributed by atoms with Crippen LogP contribution in [0.1, 0.15) is 26.0 Å². The first-order valence-corrected chi connectivity index (χ1v) is 5.88. The van der Waals surface area contributed by atoms with Crippen molar-refractivity contribution in [2.24, 2.45) is 5.41 Å². The third kappa shape index (κ3) is 4.82. The van der Waals surface area contributed by atoms with Gasteiger partial charge in [-0.05, 0) is 39.9 Å². The third-order valence-electron chi connectivity index (χ3n) is 2.32. The maximum Gasteiger partial charge on any atom is 0.169 e. The Balaban J connectivity index is 2.27. The Morgan fingerprint density at radius 1 is 1.47 bits per heavy atom. The molecule has 0 atom stereocenters. The lowest BCUT2D eigenvalue weighted by Crippen LogP contribution is -2.29. The van der Waals surface area contributed by atoms with Gasteiger partial charge in [-0.3, -0.25) is 0 Å². The highest BCUT2D eigenvalue weighted by Crippen LogP contribution is 2.19. The molecule has 15 heavy (non-hydrogen) atoms. The molecule has 0 aliphatic rings. The van der Waals surface area contributed by atoms with Crippen molar-refractivity contribution in [3.05, 3.63) is 22.6 Å². The number of aliphatic hydroxyl groups excluding tert-OH is 1. The van der Waals surface area contributed by atoms with E-state index in [9.17, 15) is 0 Å². The topological polar surface area (TPSA) is 45.4 Å². The van der Waals surface area contributed by atoms with Gasteiger partial charge in [0, 0.05) is 13.2 Å². The van der Waals surface area contributed by atoms with Gasteiger partial charge >= 0.3 is 0 Å². The number of hydrogen-bond donors (Lipinski definition) is 2. The van der Waals surface area contributed by atoms with E-state index in [1.54, 1.807) is 0 Å². The second-order valence-electron chi connectivity index (χ2n) is 4.45. The highest BCUT2D eigenvalue weighted by atomic mass is 79.9. The predicted molar refractivity (Wildman–Crippen MR) is 63.6 cm³/mol. The van der Waals surface area contributed by atoms with Gasteiger partial charge in [0.15, 0.2) is 4.67 Å². The van der Waals surface area contributed by atoms with E-state index in [4.69, 9.17) is 9.52 Å². The second-order valence-corrected chi connectivity index (χ2v) is 5.23. The van der Waals surface area contributed by atoms with Crippen molar-refractivity contribution in [3.63, 3.8) is 0 Å². The minimum atomic E-state index is 0.124. The van der Waals surface area contributed by atoms with Crippen molar-refractivity contribution < 1.29 is 9.52 Å². The van der Waals surface area contributed by atoms with Crippen molar-refractivity contribution >= 4 is 15.9 Å². The summed E-state index contributed by atoms with van der Waals surface area (Å²) in [5, 5.41) is 12.2. The lowest BCUT2D eigenvalue weighted by Gasteiger charge is -2.23. The SMILES string of the molecule is CC(C)(CCO)CNCc1ccc(Br)o1. The van der Waals surface area contributed by atoms with Crippen LogP contribution in [0.2, 0.25) is 0 Å². The van der Waals surface area contributed by atoms with E-state index in [-0.39, 0.29) is 12.0 Å². The molecule has 3 nitrogen and oxygen atoms in total. The molecule has 0 aliphatic heterocycles. The van der Waals surface area contributed by atoms with Gasteiger partial charge in [0.05, 0.1) is 6.54 Å². The fraction of sp³-hybridized carbons (Fsp3) is 0.636. The average Bonchev–Trinajstić information content (AvgIpc) is 2.51. The van der Waals surface area contributed by atoms with Gasteiger partial charge in [-0.1, -0.05) is 13.8 Å². The van der Waals surface area contributed by atoms with Gasteiger partial charge in [-0.2, -0.15) is 0 Å². The van der Waals surface area contributed by atoms with Gasteiger partial charge in [0.2, 0.25) is 0 Å². The van der Waals surface area contributed by atoms with Crippen LogP contribution in [0.5, 0.6) is 0 Å². The van der Waals surface area contributed by atoms with Crippen molar-refractivity contribution in [3.8, 4) is 0 Å². The molecular formula is C11H18BrNO2. The number of aliphatic hydroxyl groups is 1. The van der Waals surface area contributed by atoms with E-state index in [2.05, 4.69) is 35.1 Å². The molecule has 0 aromatic carbocycles. The molecule has 1 rings (SSSR count). The predicted octanol–water partition coefficient (Wildman–Crippen LogP) is 2.54. The average molecular weight is 276 g/mol. The van der Waals surface area contributed by atoms with E-state index in [1.165, 1.54) is 0 Å². The number of hydrogen-bond acceptors (Lipinski definition) is 3. The number of nitrogens with one attached hydrogen (secondary N) is 1. The molecule has 2 N–H and O–H groups in total. The second kappa shape index (κ2) is 5.68. The van der Waals surface area contributed by atoms with Crippen molar-refractivity contribution in [1.82, 2.24) is 5.32 Å². The molecule has 86 valence electrons. The molecule has 0 aliphatic carbocycles.